The predicted molar refractivity (Wildman–Crippen MR) is 117 cm³/mol. The SMILES string of the molecule is COC(=O)C1=C(CN2CCOCC2)NC(c2nc(C)cs2)=N[C@H]1c1ccc(F)cc1Cl. The normalized spacial score (nSPS) is 19.7. The van der Waals surface area contributed by atoms with E-state index in [2.05, 4.69) is 15.2 Å². The molecule has 7 nitrogen and oxygen atoms in total. The molecule has 4 rings (SSSR count). The molecule has 164 valence electrons. The molecule has 1 atom stereocenters. The third-order valence-electron chi connectivity index (χ3n) is 5.10. The number of aromatic nitrogens is 1. The Hall–Kier alpha value is -2.33. The van der Waals surface area contributed by atoms with Gasteiger partial charge in [-0.15, -0.1) is 11.3 Å². The highest BCUT2D eigenvalue weighted by Gasteiger charge is 2.34. The lowest BCUT2D eigenvalue weighted by Crippen LogP contribution is -2.43. The number of esters is 1. The number of hydrogen-bond acceptors (Lipinski definition) is 8. The van der Waals surface area contributed by atoms with Crippen LogP contribution in [-0.4, -0.2) is 61.6 Å². The van der Waals surface area contributed by atoms with E-state index >= 15 is 0 Å². The number of carbonyl (C=O) groups is 1. The molecule has 0 amide bonds. The second-order valence-corrected chi connectivity index (χ2v) is 8.50. The lowest BCUT2D eigenvalue weighted by atomic mass is 9.95. The summed E-state index contributed by atoms with van der Waals surface area (Å²) in [5.74, 6) is -0.432. The van der Waals surface area contributed by atoms with Crippen molar-refractivity contribution in [1.29, 1.82) is 0 Å². The van der Waals surface area contributed by atoms with Crippen LogP contribution in [-0.2, 0) is 14.3 Å². The fraction of sp³-hybridized carbons (Fsp3) is 0.381. The van der Waals surface area contributed by atoms with E-state index in [1.54, 1.807) is 6.07 Å². The van der Waals surface area contributed by atoms with E-state index in [-0.39, 0.29) is 5.02 Å². The number of hydrogen-bond donors (Lipinski definition) is 1. The van der Waals surface area contributed by atoms with Crippen molar-refractivity contribution in [3.05, 3.63) is 62.0 Å². The van der Waals surface area contributed by atoms with E-state index in [1.165, 1.54) is 30.6 Å². The molecule has 0 aliphatic carbocycles. The van der Waals surface area contributed by atoms with E-state index in [0.29, 0.717) is 47.4 Å². The minimum Gasteiger partial charge on any atom is -0.466 e. The summed E-state index contributed by atoms with van der Waals surface area (Å²) in [5, 5.41) is 6.12. The summed E-state index contributed by atoms with van der Waals surface area (Å²) in [4.78, 5) is 24.3. The number of nitrogens with zero attached hydrogens (tertiary/aromatic N) is 3. The summed E-state index contributed by atoms with van der Waals surface area (Å²) in [6.45, 7) is 5.12. The quantitative estimate of drug-likeness (QED) is 0.685. The molecule has 1 N–H and O–H groups in total. The molecular weight excluding hydrogens is 443 g/mol. The van der Waals surface area contributed by atoms with Gasteiger partial charge in [0.1, 0.15) is 11.9 Å². The number of ether oxygens (including phenoxy) is 2. The molecule has 0 saturated carbocycles. The topological polar surface area (TPSA) is 76.0 Å². The van der Waals surface area contributed by atoms with E-state index in [9.17, 15) is 9.18 Å². The van der Waals surface area contributed by atoms with Gasteiger partial charge >= 0.3 is 5.97 Å². The van der Waals surface area contributed by atoms with Gasteiger partial charge in [0.15, 0.2) is 10.8 Å². The minimum atomic E-state index is -0.753. The van der Waals surface area contributed by atoms with E-state index in [0.717, 1.165) is 18.8 Å². The van der Waals surface area contributed by atoms with Crippen LogP contribution in [0.3, 0.4) is 0 Å². The Balaban J connectivity index is 1.82. The van der Waals surface area contributed by atoms with Gasteiger partial charge in [-0.1, -0.05) is 17.7 Å². The Kier molecular flexibility index (Phi) is 6.66. The second kappa shape index (κ2) is 9.44. The number of halogens is 2. The van der Waals surface area contributed by atoms with Crippen LogP contribution in [0, 0.1) is 12.7 Å². The first kappa shape index (κ1) is 21.9. The maximum Gasteiger partial charge on any atom is 0.338 e. The van der Waals surface area contributed by atoms with Crippen LogP contribution < -0.4 is 5.32 Å². The third kappa shape index (κ3) is 4.79. The zero-order chi connectivity index (χ0) is 22.0. The van der Waals surface area contributed by atoms with Crippen molar-refractivity contribution < 1.29 is 18.7 Å². The molecule has 0 bridgehead atoms. The second-order valence-electron chi connectivity index (χ2n) is 7.24. The number of methoxy groups -OCH3 is 1. The third-order valence-corrected chi connectivity index (χ3v) is 6.39. The molecule has 0 radical (unpaired) electrons. The van der Waals surface area contributed by atoms with E-state index in [4.69, 9.17) is 26.1 Å². The molecular formula is C21H22ClFN4O3S. The summed E-state index contributed by atoms with van der Waals surface area (Å²) in [6.07, 6.45) is 0. The van der Waals surface area contributed by atoms with Gasteiger partial charge in [-0.05, 0) is 19.1 Å². The molecule has 1 aromatic heterocycles. The number of benzene rings is 1. The first-order valence-electron chi connectivity index (χ1n) is 9.80. The summed E-state index contributed by atoms with van der Waals surface area (Å²) in [5.41, 5.74) is 2.41. The molecule has 1 saturated heterocycles. The van der Waals surface area contributed by atoms with Crippen molar-refractivity contribution in [2.75, 3.05) is 40.0 Å². The van der Waals surface area contributed by atoms with Crippen LogP contribution in [0.1, 0.15) is 22.3 Å². The fourth-order valence-electron chi connectivity index (χ4n) is 3.57. The number of aryl methyl sites for hydroxylation is 1. The van der Waals surface area contributed by atoms with Crippen LogP contribution in [0.25, 0.3) is 0 Å². The number of thiazole rings is 1. The Morgan fingerprint density at radius 3 is 2.84 bits per heavy atom. The van der Waals surface area contributed by atoms with Gasteiger partial charge in [0.05, 0.1) is 25.9 Å². The molecule has 0 spiro atoms. The van der Waals surface area contributed by atoms with Crippen LogP contribution >= 0.6 is 22.9 Å². The Morgan fingerprint density at radius 2 is 2.19 bits per heavy atom. The van der Waals surface area contributed by atoms with Crippen molar-refractivity contribution in [2.45, 2.75) is 13.0 Å². The predicted octanol–water partition coefficient (Wildman–Crippen LogP) is 3.09. The Morgan fingerprint density at radius 1 is 1.42 bits per heavy atom. The van der Waals surface area contributed by atoms with Crippen molar-refractivity contribution in [1.82, 2.24) is 15.2 Å². The van der Waals surface area contributed by atoms with Crippen molar-refractivity contribution in [3.8, 4) is 0 Å². The molecule has 1 aromatic carbocycles. The number of aliphatic imine (C=N–C) groups is 1. The van der Waals surface area contributed by atoms with Gasteiger partial charge in [0, 0.05) is 47.0 Å². The molecule has 2 aliphatic heterocycles. The number of morpholine rings is 1. The average molecular weight is 465 g/mol. The van der Waals surface area contributed by atoms with Gasteiger partial charge in [-0.25, -0.2) is 14.2 Å². The maximum atomic E-state index is 13.7. The van der Waals surface area contributed by atoms with Crippen molar-refractivity contribution in [2.24, 2.45) is 4.99 Å². The lowest BCUT2D eigenvalue weighted by molar-refractivity contribution is -0.136. The minimum absolute atomic E-state index is 0.192. The van der Waals surface area contributed by atoms with E-state index in [1.807, 2.05) is 12.3 Å². The van der Waals surface area contributed by atoms with Gasteiger partial charge in [-0.3, -0.25) is 9.89 Å². The molecule has 2 aromatic rings. The van der Waals surface area contributed by atoms with Crippen LogP contribution in [0.15, 0.2) is 39.8 Å². The van der Waals surface area contributed by atoms with Crippen LogP contribution in [0.4, 0.5) is 4.39 Å². The average Bonchev–Trinajstić information content (AvgIpc) is 3.20. The molecule has 2 aliphatic rings. The smallest absolute Gasteiger partial charge is 0.338 e. The number of nitrogens with one attached hydrogen (secondary N) is 1. The summed E-state index contributed by atoms with van der Waals surface area (Å²) < 4.78 is 24.2. The summed E-state index contributed by atoms with van der Waals surface area (Å²) in [6, 6.07) is 3.33. The highest BCUT2D eigenvalue weighted by atomic mass is 35.5. The first-order chi connectivity index (χ1) is 15.0. The highest BCUT2D eigenvalue weighted by Crippen LogP contribution is 2.36. The van der Waals surface area contributed by atoms with Crippen molar-refractivity contribution in [3.63, 3.8) is 0 Å². The summed E-state index contributed by atoms with van der Waals surface area (Å²) in [7, 11) is 1.33. The van der Waals surface area contributed by atoms with E-state index < -0.39 is 17.8 Å². The Bertz CT molecular complexity index is 1050. The van der Waals surface area contributed by atoms with Crippen molar-refractivity contribution >= 4 is 34.7 Å². The van der Waals surface area contributed by atoms with Gasteiger partial charge in [-0.2, -0.15) is 0 Å². The molecule has 31 heavy (non-hydrogen) atoms. The maximum absolute atomic E-state index is 13.7. The standard InChI is InChI=1S/C21H22ClFN4O3S/c1-12-11-31-20(24-12)19-25-16(10-27-5-7-30-8-6-27)17(21(28)29-2)18(26-19)14-4-3-13(23)9-15(14)22/h3-4,9,11,18H,5-8,10H2,1-2H3,(H,25,26)/t18-/m0/s1. The zero-order valence-electron chi connectivity index (χ0n) is 17.2. The van der Waals surface area contributed by atoms with Crippen LogP contribution in [0.5, 0.6) is 0 Å². The first-order valence-corrected chi connectivity index (χ1v) is 11.1. The van der Waals surface area contributed by atoms with Crippen LogP contribution in [0.2, 0.25) is 5.02 Å². The number of rotatable bonds is 5. The largest absolute Gasteiger partial charge is 0.466 e. The van der Waals surface area contributed by atoms with Gasteiger partial charge < -0.3 is 14.8 Å². The van der Waals surface area contributed by atoms with Gasteiger partial charge in [0.25, 0.3) is 0 Å². The Labute approximate surface area is 188 Å². The van der Waals surface area contributed by atoms with Gasteiger partial charge in [0.2, 0.25) is 0 Å². The molecule has 10 heteroatoms. The highest BCUT2D eigenvalue weighted by molar-refractivity contribution is 7.11. The fourth-order valence-corrected chi connectivity index (χ4v) is 4.59. The summed E-state index contributed by atoms with van der Waals surface area (Å²) >= 11 is 7.82. The number of amidine groups is 1. The zero-order valence-corrected chi connectivity index (χ0v) is 18.7. The number of carbonyl (C=O) groups excluding carboxylic acids is 1. The molecule has 3 heterocycles. The monoisotopic (exact) mass is 464 g/mol. The molecule has 0 unspecified atom stereocenters. The lowest BCUT2D eigenvalue weighted by Gasteiger charge is -2.32. The molecule has 1 fully saturated rings.